The molecule has 1 saturated heterocycles. The lowest BCUT2D eigenvalue weighted by Crippen LogP contribution is -2.53. The van der Waals surface area contributed by atoms with Crippen molar-refractivity contribution in [2.24, 2.45) is 5.92 Å². The molecule has 0 aromatic heterocycles. The maximum absolute atomic E-state index is 12.5. The number of amides is 2. The molecular weight excluding hydrogens is 355 g/mol. The van der Waals surface area contributed by atoms with Crippen LogP contribution in [0.1, 0.15) is 25.3 Å². The predicted octanol–water partition coefficient (Wildman–Crippen LogP) is 2.28. The number of hydrogen-bond donors (Lipinski definition) is 2. The van der Waals surface area contributed by atoms with E-state index in [0.29, 0.717) is 23.6 Å². The van der Waals surface area contributed by atoms with E-state index in [-0.39, 0.29) is 17.4 Å². The van der Waals surface area contributed by atoms with Crippen molar-refractivity contribution in [3.63, 3.8) is 0 Å². The maximum Gasteiger partial charge on any atom is 0.333 e. The summed E-state index contributed by atoms with van der Waals surface area (Å²) in [5, 5.41) is 12.7. The molecule has 130 valence electrons. The first-order valence-electron chi connectivity index (χ1n) is 7.40. The Morgan fingerprint density at radius 2 is 2.00 bits per heavy atom. The lowest BCUT2D eigenvalue weighted by Gasteiger charge is -2.32. The van der Waals surface area contributed by atoms with E-state index in [2.05, 4.69) is 5.32 Å². The van der Waals surface area contributed by atoms with Gasteiger partial charge in [-0.2, -0.15) is 0 Å². The molecule has 0 bridgehead atoms. The molecule has 2 rings (SSSR count). The second-order valence-electron chi connectivity index (χ2n) is 6.05. The molecule has 24 heavy (non-hydrogen) atoms. The van der Waals surface area contributed by atoms with Crippen LogP contribution in [0.4, 0.5) is 0 Å². The number of hydrogen-bond acceptors (Lipinski definition) is 3. The highest BCUT2D eigenvalue weighted by atomic mass is 35.5. The van der Waals surface area contributed by atoms with Crippen molar-refractivity contribution in [2.75, 3.05) is 13.6 Å². The molecule has 2 atom stereocenters. The Morgan fingerprint density at radius 3 is 2.54 bits per heavy atom. The SMILES string of the molecule is CN1CCC(C(=O)NC(C)(C(=O)O)c2ccc(Cl)c(Cl)c2)CC1=O. The first-order chi connectivity index (χ1) is 11.1. The zero-order valence-corrected chi connectivity index (χ0v) is 14.8. The van der Waals surface area contributed by atoms with E-state index in [1.54, 1.807) is 11.9 Å². The zero-order chi connectivity index (χ0) is 18.1. The smallest absolute Gasteiger partial charge is 0.333 e. The fourth-order valence-corrected chi connectivity index (χ4v) is 2.87. The summed E-state index contributed by atoms with van der Waals surface area (Å²) < 4.78 is 0. The van der Waals surface area contributed by atoms with Gasteiger partial charge in [0.2, 0.25) is 11.8 Å². The van der Waals surface area contributed by atoms with Gasteiger partial charge in [0, 0.05) is 25.9 Å². The highest BCUT2D eigenvalue weighted by molar-refractivity contribution is 6.42. The topological polar surface area (TPSA) is 86.7 Å². The molecule has 2 N–H and O–H groups in total. The van der Waals surface area contributed by atoms with Crippen molar-refractivity contribution in [1.29, 1.82) is 0 Å². The van der Waals surface area contributed by atoms with Crippen LogP contribution in [0.3, 0.4) is 0 Å². The van der Waals surface area contributed by atoms with Crippen LogP contribution >= 0.6 is 23.2 Å². The molecule has 2 amide bonds. The summed E-state index contributed by atoms with van der Waals surface area (Å²) in [6, 6.07) is 4.40. The summed E-state index contributed by atoms with van der Waals surface area (Å²) in [7, 11) is 1.67. The molecule has 0 saturated carbocycles. The van der Waals surface area contributed by atoms with E-state index >= 15 is 0 Å². The van der Waals surface area contributed by atoms with Gasteiger partial charge in [-0.3, -0.25) is 9.59 Å². The van der Waals surface area contributed by atoms with Crippen LogP contribution in [0, 0.1) is 5.92 Å². The van der Waals surface area contributed by atoms with E-state index in [4.69, 9.17) is 23.2 Å². The Kier molecular flexibility index (Phi) is 5.40. The molecule has 0 aliphatic carbocycles. The monoisotopic (exact) mass is 372 g/mol. The third-order valence-electron chi connectivity index (χ3n) is 4.33. The number of rotatable bonds is 4. The summed E-state index contributed by atoms with van der Waals surface area (Å²) >= 11 is 11.8. The number of aliphatic carboxylic acids is 1. The molecule has 0 spiro atoms. The van der Waals surface area contributed by atoms with Gasteiger partial charge in [0.15, 0.2) is 5.54 Å². The highest BCUT2D eigenvalue weighted by Crippen LogP contribution is 2.30. The molecule has 1 aliphatic rings. The van der Waals surface area contributed by atoms with Gasteiger partial charge in [0.25, 0.3) is 0 Å². The highest BCUT2D eigenvalue weighted by Gasteiger charge is 2.40. The lowest BCUT2D eigenvalue weighted by atomic mass is 9.89. The number of carboxylic acids is 1. The first-order valence-corrected chi connectivity index (χ1v) is 8.15. The molecule has 1 aromatic rings. The maximum atomic E-state index is 12.5. The van der Waals surface area contributed by atoms with E-state index in [1.807, 2.05) is 0 Å². The number of carbonyl (C=O) groups excluding carboxylic acids is 2. The third kappa shape index (κ3) is 3.65. The second kappa shape index (κ2) is 6.99. The average molecular weight is 373 g/mol. The molecule has 6 nitrogen and oxygen atoms in total. The first kappa shape index (κ1) is 18.5. The van der Waals surface area contributed by atoms with Gasteiger partial charge in [0.1, 0.15) is 0 Å². The third-order valence-corrected chi connectivity index (χ3v) is 5.07. The van der Waals surface area contributed by atoms with Crippen LogP contribution in [0.5, 0.6) is 0 Å². The van der Waals surface area contributed by atoms with Gasteiger partial charge in [-0.25, -0.2) is 4.79 Å². The van der Waals surface area contributed by atoms with Gasteiger partial charge in [-0.1, -0.05) is 29.3 Å². The van der Waals surface area contributed by atoms with Crippen molar-refractivity contribution in [3.05, 3.63) is 33.8 Å². The van der Waals surface area contributed by atoms with Crippen LogP contribution in [-0.4, -0.2) is 41.4 Å². The number of carboxylic acid groups (broad SMARTS) is 1. The fourth-order valence-electron chi connectivity index (χ4n) is 2.57. The number of benzene rings is 1. The molecule has 2 unspecified atom stereocenters. The predicted molar refractivity (Wildman–Crippen MR) is 90.0 cm³/mol. The van der Waals surface area contributed by atoms with Crippen LogP contribution in [0.15, 0.2) is 18.2 Å². The Balaban J connectivity index is 2.24. The quantitative estimate of drug-likeness (QED) is 0.848. The van der Waals surface area contributed by atoms with Crippen molar-refractivity contribution in [1.82, 2.24) is 10.2 Å². The standard InChI is InChI=1S/C16H18Cl2N2O4/c1-16(15(23)24,10-3-4-11(17)12(18)8-10)19-14(22)9-5-6-20(2)13(21)7-9/h3-4,8-9H,5-7H2,1-2H3,(H,19,22)(H,23,24). The van der Waals surface area contributed by atoms with Crippen molar-refractivity contribution >= 4 is 41.0 Å². The minimum atomic E-state index is -1.67. The zero-order valence-electron chi connectivity index (χ0n) is 13.3. The molecular formula is C16H18Cl2N2O4. The molecule has 8 heteroatoms. The number of likely N-dealkylation sites (tertiary alicyclic amines) is 1. The van der Waals surface area contributed by atoms with Crippen molar-refractivity contribution in [3.8, 4) is 0 Å². The Morgan fingerprint density at radius 1 is 1.33 bits per heavy atom. The number of halogens is 2. The van der Waals surface area contributed by atoms with Crippen LogP contribution < -0.4 is 5.32 Å². The van der Waals surface area contributed by atoms with Crippen LogP contribution in [0.25, 0.3) is 0 Å². The van der Waals surface area contributed by atoms with E-state index in [0.717, 1.165) is 0 Å². The van der Waals surface area contributed by atoms with E-state index < -0.39 is 23.3 Å². The number of nitrogens with zero attached hydrogens (tertiary/aromatic N) is 1. The Bertz CT molecular complexity index is 695. The minimum Gasteiger partial charge on any atom is -0.479 e. The molecule has 1 fully saturated rings. The summed E-state index contributed by atoms with van der Waals surface area (Å²) in [6.07, 6.45) is 0.560. The lowest BCUT2D eigenvalue weighted by molar-refractivity contribution is -0.149. The summed E-state index contributed by atoms with van der Waals surface area (Å²) in [4.78, 5) is 37.6. The molecule has 0 radical (unpaired) electrons. The number of nitrogens with one attached hydrogen (secondary N) is 1. The number of piperidine rings is 1. The van der Waals surface area contributed by atoms with Gasteiger partial charge in [-0.05, 0) is 31.0 Å². The Hall–Kier alpha value is -1.79. The van der Waals surface area contributed by atoms with Crippen molar-refractivity contribution < 1.29 is 19.5 Å². The second-order valence-corrected chi connectivity index (χ2v) is 6.87. The summed E-state index contributed by atoms with van der Waals surface area (Å²) in [5.74, 6) is -2.37. The molecule has 1 heterocycles. The molecule has 1 aromatic carbocycles. The van der Waals surface area contributed by atoms with Crippen LogP contribution in [-0.2, 0) is 19.9 Å². The average Bonchev–Trinajstić information content (AvgIpc) is 2.52. The normalized spacial score (nSPS) is 20.4. The largest absolute Gasteiger partial charge is 0.479 e. The minimum absolute atomic E-state index is 0.0689. The fraction of sp³-hybridized carbons (Fsp3) is 0.438. The van der Waals surface area contributed by atoms with E-state index in [1.165, 1.54) is 25.1 Å². The van der Waals surface area contributed by atoms with Crippen LogP contribution in [0.2, 0.25) is 10.0 Å². The van der Waals surface area contributed by atoms with Gasteiger partial charge in [-0.15, -0.1) is 0 Å². The van der Waals surface area contributed by atoms with E-state index in [9.17, 15) is 19.5 Å². The summed E-state index contributed by atoms with van der Waals surface area (Å²) in [5.41, 5.74) is -1.37. The Labute approximate surface area is 149 Å². The van der Waals surface area contributed by atoms with Gasteiger partial charge >= 0.3 is 5.97 Å². The van der Waals surface area contributed by atoms with Crippen molar-refractivity contribution in [2.45, 2.75) is 25.3 Å². The summed E-state index contributed by atoms with van der Waals surface area (Å²) in [6.45, 7) is 1.84. The van der Waals surface area contributed by atoms with Gasteiger partial charge in [0.05, 0.1) is 10.0 Å². The van der Waals surface area contributed by atoms with Gasteiger partial charge < -0.3 is 15.3 Å². The molecule has 1 aliphatic heterocycles. The number of carbonyl (C=O) groups is 3.